The fourth-order valence-electron chi connectivity index (χ4n) is 8.23. The number of hydrogen-bond donors (Lipinski definition) is 0. The van der Waals surface area contributed by atoms with Crippen LogP contribution >= 0.6 is 11.3 Å². The van der Waals surface area contributed by atoms with Crippen molar-refractivity contribution in [1.82, 2.24) is 9.97 Å². The Hall–Kier alpha value is -7.08. The van der Waals surface area contributed by atoms with Crippen molar-refractivity contribution in [3.05, 3.63) is 170 Å². The molecule has 0 fully saturated rings. The van der Waals surface area contributed by atoms with Crippen molar-refractivity contribution in [1.29, 1.82) is 0 Å². The van der Waals surface area contributed by atoms with Gasteiger partial charge in [-0.1, -0.05) is 121 Å². The van der Waals surface area contributed by atoms with Crippen LogP contribution in [0.2, 0.25) is 0 Å². The lowest BCUT2D eigenvalue weighted by atomic mass is 9.96. The van der Waals surface area contributed by atoms with E-state index in [2.05, 4.69) is 146 Å². The summed E-state index contributed by atoms with van der Waals surface area (Å²) in [7, 11) is 0. The van der Waals surface area contributed by atoms with E-state index in [1.807, 2.05) is 24.3 Å². The summed E-state index contributed by atoms with van der Waals surface area (Å²) in [6.45, 7) is 0. The number of nitrogens with zero attached hydrogens (tertiary/aromatic N) is 2. The van der Waals surface area contributed by atoms with E-state index in [4.69, 9.17) is 18.8 Å². The molecule has 0 unspecified atom stereocenters. The number of aromatic nitrogens is 2. The molecule has 0 saturated carbocycles. The molecular formula is C50H28N2O2S. The minimum absolute atomic E-state index is 0.675. The molecule has 0 spiro atoms. The second-order valence-corrected chi connectivity index (χ2v) is 15.1. The zero-order valence-electron chi connectivity index (χ0n) is 29.3. The molecule has 0 amide bonds. The van der Waals surface area contributed by atoms with E-state index in [1.54, 1.807) is 11.3 Å². The summed E-state index contributed by atoms with van der Waals surface area (Å²) in [5.74, 6) is 0.675. The van der Waals surface area contributed by atoms with Gasteiger partial charge in [0.2, 0.25) is 0 Å². The molecule has 0 bridgehead atoms. The van der Waals surface area contributed by atoms with Crippen molar-refractivity contribution in [2.45, 2.75) is 0 Å². The van der Waals surface area contributed by atoms with Gasteiger partial charge in [0, 0.05) is 48.3 Å². The lowest BCUT2D eigenvalue weighted by Gasteiger charge is -2.11. The van der Waals surface area contributed by atoms with Crippen molar-refractivity contribution in [2.75, 3.05) is 0 Å². The molecule has 0 aliphatic carbocycles. The molecule has 55 heavy (non-hydrogen) atoms. The topological polar surface area (TPSA) is 52.1 Å². The van der Waals surface area contributed by atoms with Gasteiger partial charge in [0.1, 0.15) is 22.3 Å². The average Bonchev–Trinajstić information content (AvgIpc) is 3.94. The standard InChI is InChI=1S/C50H28N2O2S/c1-2-10-32-27-34(22-19-29(32)9-1)35-24-25-39(45-37-12-4-7-15-42(37)54-48(35)45)50-51-46(49-47(52-50)38-13-5-8-16-44(38)55-49)31-20-17-30(18-21-31)33-23-26-43-40(28-33)36-11-3-6-14-41(36)53-43/h1-28H. The summed E-state index contributed by atoms with van der Waals surface area (Å²) >= 11 is 1.75. The minimum atomic E-state index is 0.675. The largest absolute Gasteiger partial charge is 0.456 e. The van der Waals surface area contributed by atoms with Crippen LogP contribution in [-0.2, 0) is 0 Å². The predicted octanol–water partition coefficient (Wildman–Crippen LogP) is 14.5. The predicted molar refractivity (Wildman–Crippen MR) is 229 cm³/mol. The van der Waals surface area contributed by atoms with E-state index in [1.165, 1.54) is 15.5 Å². The zero-order valence-corrected chi connectivity index (χ0v) is 30.1. The Morgan fingerprint density at radius 1 is 0.418 bits per heavy atom. The normalized spacial score (nSPS) is 12.0. The fraction of sp³-hybridized carbons (Fsp3) is 0. The van der Waals surface area contributed by atoms with Gasteiger partial charge >= 0.3 is 0 Å². The highest BCUT2D eigenvalue weighted by Gasteiger charge is 2.22. The average molecular weight is 721 g/mol. The van der Waals surface area contributed by atoms with Crippen LogP contribution in [0.4, 0.5) is 0 Å². The van der Waals surface area contributed by atoms with Crippen molar-refractivity contribution in [3.63, 3.8) is 0 Å². The Bertz CT molecular complexity index is 3500. The SMILES string of the molecule is c1ccc2cc(-c3ccc(-c4nc(-c5ccc(-c6ccc7oc8ccccc8c7c6)cc5)c5sc6ccccc6c5n4)c4c3oc3ccccc34)ccc2c1. The quantitative estimate of drug-likeness (QED) is 0.182. The van der Waals surface area contributed by atoms with Gasteiger partial charge in [0.15, 0.2) is 5.82 Å². The number of fused-ring (bicyclic) bond motifs is 10. The molecule has 8 aromatic carbocycles. The van der Waals surface area contributed by atoms with Crippen LogP contribution in [0.25, 0.3) is 120 Å². The molecular weight excluding hydrogens is 693 g/mol. The first-order valence-corrected chi connectivity index (χ1v) is 19.2. The first kappa shape index (κ1) is 30.4. The summed E-state index contributed by atoms with van der Waals surface area (Å²) in [6, 6.07) is 59.6. The number of furan rings is 2. The number of thiophene rings is 1. The molecule has 12 rings (SSSR count). The summed E-state index contributed by atoms with van der Waals surface area (Å²) < 4.78 is 15.1. The van der Waals surface area contributed by atoms with Gasteiger partial charge in [-0.05, 0) is 76.0 Å². The van der Waals surface area contributed by atoms with E-state index in [-0.39, 0.29) is 0 Å². The van der Waals surface area contributed by atoms with Gasteiger partial charge in [-0.3, -0.25) is 0 Å². The van der Waals surface area contributed by atoms with E-state index in [9.17, 15) is 0 Å². The molecule has 0 aliphatic heterocycles. The second kappa shape index (κ2) is 11.7. The molecule has 0 aliphatic rings. The lowest BCUT2D eigenvalue weighted by Crippen LogP contribution is -1.95. The van der Waals surface area contributed by atoms with E-state index in [0.717, 1.165) is 98.6 Å². The lowest BCUT2D eigenvalue weighted by molar-refractivity contribution is 0.669. The van der Waals surface area contributed by atoms with Crippen LogP contribution in [0.5, 0.6) is 0 Å². The smallest absolute Gasteiger partial charge is 0.161 e. The third-order valence-corrected chi connectivity index (χ3v) is 12.1. The third-order valence-electron chi connectivity index (χ3n) is 10.9. The van der Waals surface area contributed by atoms with Crippen LogP contribution in [0, 0.1) is 0 Å². The molecule has 0 saturated heterocycles. The maximum atomic E-state index is 6.71. The van der Waals surface area contributed by atoms with Gasteiger partial charge < -0.3 is 8.83 Å². The van der Waals surface area contributed by atoms with Gasteiger partial charge in [-0.15, -0.1) is 11.3 Å². The number of para-hydroxylation sites is 2. The summed E-state index contributed by atoms with van der Waals surface area (Å²) in [5.41, 5.74) is 11.8. The van der Waals surface area contributed by atoms with Crippen molar-refractivity contribution < 1.29 is 8.83 Å². The van der Waals surface area contributed by atoms with Crippen LogP contribution in [0.15, 0.2) is 179 Å². The molecule has 5 heteroatoms. The Balaban J connectivity index is 1.05. The summed E-state index contributed by atoms with van der Waals surface area (Å²) in [6.07, 6.45) is 0. The van der Waals surface area contributed by atoms with Crippen LogP contribution in [0.1, 0.15) is 0 Å². The molecule has 4 heterocycles. The van der Waals surface area contributed by atoms with E-state index in [0.29, 0.717) is 5.82 Å². The highest BCUT2D eigenvalue weighted by Crippen LogP contribution is 2.44. The third kappa shape index (κ3) is 4.70. The number of hydrogen-bond acceptors (Lipinski definition) is 5. The van der Waals surface area contributed by atoms with Crippen LogP contribution < -0.4 is 0 Å². The number of benzene rings is 8. The fourth-order valence-corrected chi connectivity index (χ4v) is 9.39. The van der Waals surface area contributed by atoms with Crippen molar-refractivity contribution >= 4 is 86.3 Å². The molecule has 4 aromatic heterocycles. The maximum Gasteiger partial charge on any atom is 0.161 e. The highest BCUT2D eigenvalue weighted by atomic mass is 32.1. The molecule has 0 N–H and O–H groups in total. The monoisotopic (exact) mass is 720 g/mol. The molecule has 0 radical (unpaired) electrons. The van der Waals surface area contributed by atoms with Crippen LogP contribution in [0.3, 0.4) is 0 Å². The summed E-state index contributed by atoms with van der Waals surface area (Å²) in [5, 5.41) is 7.84. The van der Waals surface area contributed by atoms with E-state index < -0.39 is 0 Å². The first-order valence-electron chi connectivity index (χ1n) is 18.4. The molecule has 12 aromatic rings. The maximum absolute atomic E-state index is 6.71. The van der Waals surface area contributed by atoms with Gasteiger partial charge in [0.25, 0.3) is 0 Å². The van der Waals surface area contributed by atoms with Gasteiger partial charge in [-0.2, -0.15) is 0 Å². The Morgan fingerprint density at radius 2 is 1.07 bits per heavy atom. The Kier molecular flexibility index (Phi) is 6.47. The zero-order chi connectivity index (χ0) is 36.0. The van der Waals surface area contributed by atoms with Gasteiger partial charge in [0.05, 0.1) is 15.9 Å². The van der Waals surface area contributed by atoms with Crippen molar-refractivity contribution in [2.24, 2.45) is 0 Å². The summed E-state index contributed by atoms with van der Waals surface area (Å²) in [4.78, 5) is 10.8. The molecule has 4 nitrogen and oxygen atoms in total. The second-order valence-electron chi connectivity index (χ2n) is 14.1. The number of rotatable bonds is 4. The first-order chi connectivity index (χ1) is 27.2. The van der Waals surface area contributed by atoms with Crippen LogP contribution in [-0.4, -0.2) is 9.97 Å². The van der Waals surface area contributed by atoms with E-state index >= 15 is 0 Å². The molecule has 0 atom stereocenters. The van der Waals surface area contributed by atoms with Gasteiger partial charge in [-0.25, -0.2) is 9.97 Å². The Labute approximate surface area is 318 Å². The highest BCUT2D eigenvalue weighted by molar-refractivity contribution is 7.26. The Morgan fingerprint density at radius 3 is 1.95 bits per heavy atom. The minimum Gasteiger partial charge on any atom is -0.456 e. The molecule has 256 valence electrons. The van der Waals surface area contributed by atoms with Crippen molar-refractivity contribution in [3.8, 4) is 44.9 Å².